The van der Waals surface area contributed by atoms with Crippen LogP contribution >= 0.6 is 0 Å². The number of rotatable bonds is 3. The van der Waals surface area contributed by atoms with Gasteiger partial charge in [0.1, 0.15) is 5.75 Å². The van der Waals surface area contributed by atoms with Gasteiger partial charge in [0.25, 0.3) is 0 Å². The van der Waals surface area contributed by atoms with Crippen LogP contribution in [0.1, 0.15) is 11.1 Å². The third kappa shape index (κ3) is 3.89. The summed E-state index contributed by atoms with van der Waals surface area (Å²) in [6.07, 6.45) is 0. The van der Waals surface area contributed by atoms with E-state index in [4.69, 9.17) is 10.00 Å². The second-order valence-corrected chi connectivity index (χ2v) is 6.27. The van der Waals surface area contributed by atoms with Gasteiger partial charge in [-0.15, -0.1) is 0 Å². The third-order valence-corrected chi connectivity index (χ3v) is 4.48. The van der Waals surface area contributed by atoms with E-state index in [1.54, 1.807) is 36.3 Å². The van der Waals surface area contributed by atoms with Gasteiger partial charge >= 0.3 is 6.03 Å². The molecule has 0 atom stereocenters. The number of ether oxygens (including phenoxy) is 1. The molecule has 26 heavy (non-hydrogen) atoms. The minimum atomic E-state index is -0.143. The highest BCUT2D eigenvalue weighted by Gasteiger charge is 2.23. The Hall–Kier alpha value is -3.20. The lowest BCUT2D eigenvalue weighted by molar-refractivity contribution is 0.208. The molecule has 1 fully saturated rings. The van der Waals surface area contributed by atoms with Crippen LogP contribution in [-0.4, -0.2) is 44.2 Å². The summed E-state index contributed by atoms with van der Waals surface area (Å²) < 4.78 is 5.47. The highest BCUT2D eigenvalue weighted by Crippen LogP contribution is 2.30. The highest BCUT2D eigenvalue weighted by atomic mass is 16.5. The summed E-state index contributed by atoms with van der Waals surface area (Å²) >= 11 is 0. The summed E-state index contributed by atoms with van der Waals surface area (Å²) in [5.41, 5.74) is 3.41. The third-order valence-electron chi connectivity index (χ3n) is 4.48. The fraction of sp³-hybridized carbons (Fsp3) is 0.300. The number of carbonyl (C=O) groups is 1. The van der Waals surface area contributed by atoms with Crippen molar-refractivity contribution in [1.82, 2.24) is 4.90 Å². The highest BCUT2D eigenvalue weighted by molar-refractivity contribution is 5.89. The van der Waals surface area contributed by atoms with E-state index in [-0.39, 0.29) is 6.03 Å². The number of amides is 2. The second-order valence-electron chi connectivity index (χ2n) is 6.27. The van der Waals surface area contributed by atoms with Gasteiger partial charge in [-0.3, -0.25) is 0 Å². The molecule has 2 aromatic carbocycles. The molecule has 6 nitrogen and oxygen atoms in total. The molecule has 0 radical (unpaired) electrons. The summed E-state index contributed by atoms with van der Waals surface area (Å²) in [4.78, 5) is 16.5. The Balaban J connectivity index is 1.62. The number of nitrogens with one attached hydrogen (secondary N) is 1. The van der Waals surface area contributed by atoms with E-state index in [9.17, 15) is 4.79 Å². The van der Waals surface area contributed by atoms with Crippen LogP contribution < -0.4 is 15.0 Å². The molecule has 0 bridgehead atoms. The molecule has 0 saturated carbocycles. The lowest BCUT2D eigenvalue weighted by atomic mass is 10.1. The maximum Gasteiger partial charge on any atom is 0.321 e. The normalized spacial score (nSPS) is 13.9. The molecule has 1 N–H and O–H groups in total. The number of benzene rings is 2. The number of nitrogens with zero attached hydrogens (tertiary/aromatic N) is 3. The zero-order valence-electron chi connectivity index (χ0n) is 15.0. The first kappa shape index (κ1) is 17.6. The molecular formula is C20H22N4O2. The summed E-state index contributed by atoms with van der Waals surface area (Å²) in [5, 5.41) is 11.8. The Kier molecular flexibility index (Phi) is 5.28. The maximum atomic E-state index is 12.5. The number of urea groups is 1. The monoisotopic (exact) mass is 350 g/mol. The zero-order valence-corrected chi connectivity index (χ0v) is 15.0. The van der Waals surface area contributed by atoms with Crippen molar-refractivity contribution in [3.8, 4) is 11.8 Å². The SMILES string of the molecule is COc1ccc(C)cc1N1CCN(C(=O)Nc2cccc(C#N)c2)CC1. The molecule has 1 saturated heterocycles. The largest absolute Gasteiger partial charge is 0.495 e. The minimum absolute atomic E-state index is 0.143. The first-order chi connectivity index (χ1) is 12.6. The van der Waals surface area contributed by atoms with E-state index in [0.717, 1.165) is 24.5 Å². The Labute approximate surface area is 153 Å². The Morgan fingerprint density at radius 3 is 2.62 bits per heavy atom. The maximum absolute atomic E-state index is 12.5. The number of anilines is 2. The molecule has 0 unspecified atom stereocenters. The van der Waals surface area contributed by atoms with E-state index in [0.29, 0.717) is 24.3 Å². The van der Waals surface area contributed by atoms with E-state index in [1.807, 2.05) is 12.1 Å². The van der Waals surface area contributed by atoms with Crippen molar-refractivity contribution < 1.29 is 9.53 Å². The van der Waals surface area contributed by atoms with Crippen LogP contribution in [0.4, 0.5) is 16.2 Å². The Bertz CT molecular complexity index is 836. The molecular weight excluding hydrogens is 328 g/mol. The van der Waals surface area contributed by atoms with Crippen molar-refractivity contribution in [2.45, 2.75) is 6.92 Å². The van der Waals surface area contributed by atoms with E-state index in [1.165, 1.54) is 5.56 Å². The molecule has 0 spiro atoms. The van der Waals surface area contributed by atoms with E-state index in [2.05, 4.69) is 29.3 Å². The van der Waals surface area contributed by atoms with Gasteiger partial charge < -0.3 is 19.9 Å². The van der Waals surface area contributed by atoms with Crippen LogP contribution in [0.25, 0.3) is 0 Å². The van der Waals surface area contributed by atoms with Gasteiger partial charge in [-0.1, -0.05) is 12.1 Å². The first-order valence-electron chi connectivity index (χ1n) is 8.56. The lowest BCUT2D eigenvalue weighted by Gasteiger charge is -2.36. The number of hydrogen-bond acceptors (Lipinski definition) is 4. The quantitative estimate of drug-likeness (QED) is 0.923. The van der Waals surface area contributed by atoms with Crippen molar-refractivity contribution in [1.29, 1.82) is 5.26 Å². The van der Waals surface area contributed by atoms with Crippen LogP contribution in [0.5, 0.6) is 5.75 Å². The summed E-state index contributed by atoms with van der Waals surface area (Å²) in [6.45, 7) is 4.79. The van der Waals surface area contributed by atoms with Crippen molar-refractivity contribution in [2.24, 2.45) is 0 Å². The number of methoxy groups -OCH3 is 1. The van der Waals surface area contributed by atoms with Gasteiger partial charge in [-0.05, 0) is 42.8 Å². The van der Waals surface area contributed by atoms with Crippen molar-refractivity contribution in [3.05, 3.63) is 53.6 Å². The molecule has 2 amide bonds. The topological polar surface area (TPSA) is 68.6 Å². The van der Waals surface area contributed by atoms with E-state index < -0.39 is 0 Å². The predicted octanol–water partition coefficient (Wildman–Crippen LogP) is 3.23. The molecule has 0 aliphatic carbocycles. The number of piperazine rings is 1. The van der Waals surface area contributed by atoms with Gasteiger partial charge in [0.05, 0.1) is 24.4 Å². The van der Waals surface area contributed by atoms with Gasteiger partial charge in [-0.2, -0.15) is 5.26 Å². The number of aryl methyl sites for hydroxylation is 1. The molecule has 2 aromatic rings. The fourth-order valence-corrected chi connectivity index (χ4v) is 3.07. The van der Waals surface area contributed by atoms with Crippen molar-refractivity contribution in [2.75, 3.05) is 43.5 Å². The average Bonchev–Trinajstić information content (AvgIpc) is 2.68. The number of hydrogen-bond donors (Lipinski definition) is 1. The van der Waals surface area contributed by atoms with Gasteiger partial charge in [0.15, 0.2) is 0 Å². The molecule has 6 heteroatoms. The molecule has 3 rings (SSSR count). The Morgan fingerprint density at radius 1 is 1.15 bits per heavy atom. The fourth-order valence-electron chi connectivity index (χ4n) is 3.07. The van der Waals surface area contributed by atoms with Gasteiger partial charge in [-0.25, -0.2) is 4.79 Å². The average molecular weight is 350 g/mol. The number of carbonyl (C=O) groups excluding carboxylic acids is 1. The van der Waals surface area contributed by atoms with Crippen LogP contribution in [-0.2, 0) is 0 Å². The summed E-state index contributed by atoms with van der Waals surface area (Å²) in [5.74, 6) is 0.849. The minimum Gasteiger partial charge on any atom is -0.495 e. The lowest BCUT2D eigenvalue weighted by Crippen LogP contribution is -2.50. The predicted molar refractivity (Wildman–Crippen MR) is 102 cm³/mol. The molecule has 1 aliphatic heterocycles. The smallest absolute Gasteiger partial charge is 0.321 e. The van der Waals surface area contributed by atoms with Crippen LogP contribution in [0, 0.1) is 18.3 Å². The summed E-state index contributed by atoms with van der Waals surface area (Å²) in [7, 11) is 1.67. The Morgan fingerprint density at radius 2 is 1.92 bits per heavy atom. The molecule has 0 aromatic heterocycles. The van der Waals surface area contributed by atoms with Crippen LogP contribution in [0.15, 0.2) is 42.5 Å². The molecule has 1 aliphatic rings. The zero-order chi connectivity index (χ0) is 18.5. The summed E-state index contributed by atoms with van der Waals surface area (Å²) in [6, 6.07) is 15.0. The van der Waals surface area contributed by atoms with Gasteiger partial charge in [0, 0.05) is 31.9 Å². The second kappa shape index (κ2) is 7.79. The van der Waals surface area contributed by atoms with Crippen LogP contribution in [0.3, 0.4) is 0 Å². The molecule has 134 valence electrons. The van der Waals surface area contributed by atoms with E-state index >= 15 is 0 Å². The van der Waals surface area contributed by atoms with Gasteiger partial charge in [0.2, 0.25) is 0 Å². The number of nitriles is 1. The molecule has 1 heterocycles. The van der Waals surface area contributed by atoms with Crippen LogP contribution in [0.2, 0.25) is 0 Å². The van der Waals surface area contributed by atoms with Crippen molar-refractivity contribution >= 4 is 17.4 Å². The standard InChI is InChI=1S/C20H22N4O2/c1-15-6-7-19(26-2)18(12-15)23-8-10-24(11-9-23)20(25)22-17-5-3-4-16(13-17)14-21/h3-7,12-13H,8-11H2,1-2H3,(H,22,25). The first-order valence-corrected chi connectivity index (χ1v) is 8.56. The van der Waals surface area contributed by atoms with Crippen molar-refractivity contribution in [3.63, 3.8) is 0 Å².